The van der Waals surface area contributed by atoms with Crippen molar-refractivity contribution in [2.45, 2.75) is 12.5 Å². The first kappa shape index (κ1) is 13.8. The first-order valence-corrected chi connectivity index (χ1v) is 6.82. The molecular weight excluding hydrogens is 294 g/mol. The van der Waals surface area contributed by atoms with Gasteiger partial charge in [-0.15, -0.1) is 11.3 Å². The van der Waals surface area contributed by atoms with Gasteiger partial charge in [-0.2, -0.15) is 0 Å². The summed E-state index contributed by atoms with van der Waals surface area (Å²) in [6.45, 7) is 0. The molecule has 0 bridgehead atoms. The topological polar surface area (TPSA) is 38.0 Å². The third-order valence-electron chi connectivity index (χ3n) is 2.58. The van der Waals surface area contributed by atoms with Gasteiger partial charge < -0.3 is 0 Å². The molecular formula is C12H11Cl2FN2S. The van der Waals surface area contributed by atoms with Gasteiger partial charge in [0.05, 0.1) is 15.4 Å². The summed E-state index contributed by atoms with van der Waals surface area (Å²) in [4.78, 5) is 1.08. The lowest BCUT2D eigenvalue weighted by Gasteiger charge is -2.15. The van der Waals surface area contributed by atoms with Gasteiger partial charge in [-0.1, -0.05) is 29.3 Å². The summed E-state index contributed by atoms with van der Waals surface area (Å²) in [5.74, 6) is 5.07. The molecule has 0 fully saturated rings. The Morgan fingerprint density at radius 3 is 2.61 bits per heavy atom. The van der Waals surface area contributed by atoms with Crippen LogP contribution < -0.4 is 11.3 Å². The fourth-order valence-corrected chi connectivity index (χ4v) is 2.92. The van der Waals surface area contributed by atoms with Gasteiger partial charge in [0.15, 0.2) is 0 Å². The fraction of sp³-hybridized carbons (Fsp3) is 0.167. The van der Waals surface area contributed by atoms with Crippen molar-refractivity contribution < 1.29 is 4.39 Å². The van der Waals surface area contributed by atoms with Crippen LogP contribution in [-0.2, 0) is 6.42 Å². The van der Waals surface area contributed by atoms with Gasteiger partial charge in [0.25, 0.3) is 0 Å². The molecule has 3 N–H and O–H groups in total. The smallest absolute Gasteiger partial charge is 0.142 e. The van der Waals surface area contributed by atoms with Gasteiger partial charge >= 0.3 is 0 Å². The van der Waals surface area contributed by atoms with E-state index in [1.807, 2.05) is 12.1 Å². The van der Waals surface area contributed by atoms with E-state index in [-0.39, 0.29) is 11.1 Å². The van der Waals surface area contributed by atoms with Crippen LogP contribution in [0.5, 0.6) is 0 Å². The molecule has 0 aliphatic heterocycles. The van der Waals surface area contributed by atoms with Crippen LogP contribution in [0.4, 0.5) is 4.39 Å². The van der Waals surface area contributed by atoms with E-state index in [4.69, 9.17) is 29.0 Å². The Hall–Kier alpha value is -0.650. The summed E-state index contributed by atoms with van der Waals surface area (Å²) in [7, 11) is 0. The molecule has 6 heteroatoms. The molecule has 2 aromatic rings. The number of hydrazine groups is 1. The second kappa shape index (κ2) is 5.99. The van der Waals surface area contributed by atoms with E-state index >= 15 is 0 Å². The Bertz CT molecular complexity index is 545. The van der Waals surface area contributed by atoms with Crippen molar-refractivity contribution in [1.82, 2.24) is 5.43 Å². The maximum Gasteiger partial charge on any atom is 0.142 e. The summed E-state index contributed by atoms with van der Waals surface area (Å²) in [6, 6.07) is 8.26. The first-order chi connectivity index (χ1) is 8.60. The van der Waals surface area contributed by atoms with Crippen molar-refractivity contribution in [2.75, 3.05) is 0 Å². The standard InChI is InChI=1S/C12H11Cl2FN2S/c13-9-3-1-7(5-10(9)15)11(17-16)6-8-2-4-12(14)18-8/h1-5,11,17H,6,16H2. The van der Waals surface area contributed by atoms with E-state index < -0.39 is 5.82 Å². The van der Waals surface area contributed by atoms with E-state index in [9.17, 15) is 4.39 Å². The minimum Gasteiger partial charge on any atom is -0.271 e. The number of rotatable bonds is 4. The molecule has 2 nitrogen and oxygen atoms in total. The van der Waals surface area contributed by atoms with Crippen LogP contribution in [0.2, 0.25) is 9.36 Å². The second-order valence-electron chi connectivity index (χ2n) is 3.80. The Balaban J connectivity index is 2.19. The van der Waals surface area contributed by atoms with Crippen molar-refractivity contribution in [3.8, 4) is 0 Å². The minimum absolute atomic E-state index is 0.105. The summed E-state index contributed by atoms with van der Waals surface area (Å²) >= 11 is 13.0. The fourth-order valence-electron chi connectivity index (χ4n) is 1.66. The zero-order chi connectivity index (χ0) is 13.1. The van der Waals surface area contributed by atoms with Gasteiger partial charge in [0, 0.05) is 11.3 Å². The van der Waals surface area contributed by atoms with Crippen LogP contribution in [0.15, 0.2) is 30.3 Å². The molecule has 1 heterocycles. The van der Waals surface area contributed by atoms with E-state index in [2.05, 4.69) is 5.43 Å². The molecule has 96 valence electrons. The number of thiophene rings is 1. The van der Waals surface area contributed by atoms with Crippen molar-refractivity contribution in [3.63, 3.8) is 0 Å². The maximum absolute atomic E-state index is 13.4. The van der Waals surface area contributed by atoms with Gasteiger partial charge in [-0.25, -0.2) is 4.39 Å². The maximum atomic E-state index is 13.4. The highest BCUT2D eigenvalue weighted by atomic mass is 35.5. The molecule has 1 unspecified atom stereocenters. The zero-order valence-corrected chi connectivity index (χ0v) is 11.6. The van der Waals surface area contributed by atoms with Crippen LogP contribution in [0, 0.1) is 5.82 Å². The predicted molar refractivity (Wildman–Crippen MR) is 74.5 cm³/mol. The van der Waals surface area contributed by atoms with Crippen molar-refractivity contribution >= 4 is 34.5 Å². The Kier molecular flexibility index (Phi) is 4.59. The van der Waals surface area contributed by atoms with Gasteiger partial charge in [0.1, 0.15) is 5.82 Å². The normalized spacial score (nSPS) is 12.7. The summed E-state index contributed by atoms with van der Waals surface area (Å²) in [5, 5.41) is 0.105. The van der Waals surface area contributed by atoms with E-state index in [1.54, 1.807) is 6.07 Å². The molecule has 2 rings (SSSR count). The highest BCUT2D eigenvalue weighted by molar-refractivity contribution is 7.16. The number of nitrogens with one attached hydrogen (secondary N) is 1. The SMILES string of the molecule is NNC(Cc1ccc(Cl)s1)c1ccc(Cl)c(F)c1. The Morgan fingerprint density at radius 2 is 2.06 bits per heavy atom. The highest BCUT2D eigenvalue weighted by Gasteiger charge is 2.13. The molecule has 0 saturated heterocycles. The number of nitrogens with two attached hydrogens (primary N) is 1. The molecule has 1 atom stereocenters. The molecule has 18 heavy (non-hydrogen) atoms. The molecule has 0 aliphatic carbocycles. The lowest BCUT2D eigenvalue weighted by molar-refractivity contribution is 0.548. The third kappa shape index (κ3) is 3.22. The number of halogens is 3. The van der Waals surface area contributed by atoms with Gasteiger partial charge in [-0.3, -0.25) is 11.3 Å². The lowest BCUT2D eigenvalue weighted by Crippen LogP contribution is -2.29. The van der Waals surface area contributed by atoms with E-state index in [1.165, 1.54) is 23.5 Å². The quantitative estimate of drug-likeness (QED) is 0.663. The molecule has 1 aromatic heterocycles. The summed E-state index contributed by atoms with van der Waals surface area (Å²) < 4.78 is 14.1. The van der Waals surface area contributed by atoms with Crippen LogP contribution in [0.1, 0.15) is 16.5 Å². The first-order valence-electron chi connectivity index (χ1n) is 5.25. The average molecular weight is 305 g/mol. The number of benzene rings is 1. The molecule has 0 amide bonds. The van der Waals surface area contributed by atoms with Crippen molar-refractivity contribution in [2.24, 2.45) is 5.84 Å². The van der Waals surface area contributed by atoms with Crippen LogP contribution in [0.25, 0.3) is 0 Å². The van der Waals surface area contributed by atoms with Crippen molar-refractivity contribution in [3.05, 3.63) is 55.9 Å². The Morgan fingerprint density at radius 1 is 1.28 bits per heavy atom. The number of hydrogen-bond acceptors (Lipinski definition) is 3. The van der Waals surface area contributed by atoms with E-state index in [0.29, 0.717) is 6.42 Å². The molecule has 0 radical (unpaired) electrons. The summed E-state index contributed by atoms with van der Waals surface area (Å²) in [6.07, 6.45) is 0.648. The van der Waals surface area contributed by atoms with Gasteiger partial charge in [-0.05, 0) is 29.8 Å². The largest absolute Gasteiger partial charge is 0.271 e. The lowest BCUT2D eigenvalue weighted by atomic mass is 10.0. The molecule has 0 aliphatic rings. The predicted octanol–water partition coefficient (Wildman–Crippen LogP) is 3.94. The highest BCUT2D eigenvalue weighted by Crippen LogP contribution is 2.27. The van der Waals surface area contributed by atoms with Crippen molar-refractivity contribution in [1.29, 1.82) is 0 Å². The van der Waals surface area contributed by atoms with Crippen LogP contribution >= 0.6 is 34.5 Å². The van der Waals surface area contributed by atoms with Crippen LogP contribution in [-0.4, -0.2) is 0 Å². The average Bonchev–Trinajstić information content (AvgIpc) is 2.75. The van der Waals surface area contributed by atoms with Crippen LogP contribution in [0.3, 0.4) is 0 Å². The zero-order valence-electron chi connectivity index (χ0n) is 9.29. The monoisotopic (exact) mass is 304 g/mol. The molecule has 1 aromatic carbocycles. The second-order valence-corrected chi connectivity index (χ2v) is 6.01. The third-order valence-corrected chi connectivity index (χ3v) is 4.14. The number of hydrogen-bond donors (Lipinski definition) is 2. The van der Waals surface area contributed by atoms with E-state index in [0.717, 1.165) is 14.8 Å². The summed E-state index contributed by atoms with van der Waals surface area (Å²) in [5.41, 5.74) is 3.43. The molecule has 0 saturated carbocycles. The minimum atomic E-state index is -0.446. The van der Waals surface area contributed by atoms with Gasteiger partial charge in [0.2, 0.25) is 0 Å². The Labute approximate surface area is 118 Å². The molecule has 0 spiro atoms.